The van der Waals surface area contributed by atoms with Gasteiger partial charge in [-0.15, -0.1) is 0 Å². The van der Waals surface area contributed by atoms with Crippen molar-refractivity contribution in [2.24, 2.45) is 0 Å². The minimum atomic E-state index is -2.54. The summed E-state index contributed by atoms with van der Waals surface area (Å²) in [4.78, 5) is 3.60. The van der Waals surface area contributed by atoms with Gasteiger partial charge in [0.15, 0.2) is 0 Å². The molecule has 0 saturated carbocycles. The van der Waals surface area contributed by atoms with Crippen LogP contribution in [0, 0.1) is 0 Å². The second-order valence-electron chi connectivity index (χ2n) is 17.1. The number of aryl methyl sites for hydroxylation is 2. The number of rotatable bonds is 35. The van der Waals surface area contributed by atoms with Crippen molar-refractivity contribution in [1.82, 2.24) is 0 Å². The standard InChI is InChI=1S/C24H36S2.6C4H9.2Sn/c1-3-5-7-9-11-13-15-21-17-19-25-23(21)24-22(18-20-26-24)16-14-12-10-8-6-4-2;6*1-3-4-2;;/h17-18H,3-16H2,1-2H3;6*1,3-4H2,2H3;;. The first kappa shape index (κ1) is 49.1. The molecule has 302 valence electrons. The van der Waals surface area contributed by atoms with E-state index in [-0.39, 0.29) is 0 Å². The quantitative estimate of drug-likeness (QED) is 0.0477. The molecule has 0 spiro atoms. The molecule has 0 aliphatic carbocycles. The molecule has 0 fully saturated rings. The Hall–Kier alpha value is 0.997. The Labute approximate surface area is 344 Å². The molecule has 0 amide bonds. The Balaban J connectivity index is 2.78. The molecule has 0 atom stereocenters. The van der Waals surface area contributed by atoms with E-state index in [1.807, 2.05) is 5.79 Å². The molecular weight excluding hydrogens is 878 g/mol. The van der Waals surface area contributed by atoms with Gasteiger partial charge < -0.3 is 0 Å². The molecule has 52 heavy (non-hydrogen) atoms. The number of hydrogen-bond acceptors (Lipinski definition) is 2. The van der Waals surface area contributed by atoms with Crippen LogP contribution in [-0.2, 0) is 12.8 Å². The van der Waals surface area contributed by atoms with Crippen LogP contribution in [-0.4, -0.2) is 36.8 Å². The summed E-state index contributed by atoms with van der Waals surface area (Å²) in [5.41, 5.74) is 3.60. The van der Waals surface area contributed by atoms with E-state index in [9.17, 15) is 0 Å². The molecule has 0 nitrogen and oxygen atoms in total. The first-order chi connectivity index (χ1) is 25.4. The molecule has 0 aromatic carbocycles. The van der Waals surface area contributed by atoms with E-state index >= 15 is 0 Å². The van der Waals surface area contributed by atoms with Crippen molar-refractivity contribution >= 4 is 65.2 Å². The summed E-state index contributed by atoms with van der Waals surface area (Å²) in [6.07, 6.45) is 36.6. The summed E-state index contributed by atoms with van der Waals surface area (Å²) in [7, 11) is 0. The summed E-state index contributed by atoms with van der Waals surface area (Å²) in [5, 5.41) is 0. The van der Waals surface area contributed by atoms with E-state index in [0.717, 1.165) is 0 Å². The second-order valence-corrected chi connectivity index (χ2v) is 47.6. The Kier molecular flexibility index (Phi) is 28.5. The van der Waals surface area contributed by atoms with Gasteiger partial charge in [-0.25, -0.2) is 0 Å². The minimum absolute atomic E-state index is 1.33. The topological polar surface area (TPSA) is 0 Å². The van der Waals surface area contributed by atoms with E-state index in [4.69, 9.17) is 0 Å². The molecule has 0 saturated heterocycles. The van der Waals surface area contributed by atoms with Crippen molar-refractivity contribution < 1.29 is 0 Å². The zero-order chi connectivity index (χ0) is 37.9. The monoisotopic (exact) mass is 970 g/mol. The van der Waals surface area contributed by atoms with Crippen molar-refractivity contribution in [1.29, 1.82) is 0 Å². The summed E-state index contributed by atoms with van der Waals surface area (Å²) in [6, 6.07) is 5.86. The molecule has 2 heterocycles. The molecular formula is C48H90S2Sn2. The van der Waals surface area contributed by atoms with Crippen LogP contribution in [0.4, 0.5) is 0 Å². The van der Waals surface area contributed by atoms with E-state index in [0.29, 0.717) is 0 Å². The van der Waals surface area contributed by atoms with Gasteiger partial charge >= 0.3 is 347 Å². The van der Waals surface area contributed by atoms with Gasteiger partial charge in [-0.05, 0) is 0 Å². The van der Waals surface area contributed by atoms with Crippen LogP contribution >= 0.6 is 22.7 Å². The average Bonchev–Trinajstić information content (AvgIpc) is 3.79. The third-order valence-electron chi connectivity index (χ3n) is 12.5. The normalized spacial score (nSPS) is 12.4. The Morgan fingerprint density at radius 3 is 0.846 bits per heavy atom. The molecule has 0 N–H and O–H groups in total. The van der Waals surface area contributed by atoms with Crippen molar-refractivity contribution in [3.05, 3.63) is 23.3 Å². The second kappa shape index (κ2) is 30.1. The number of hydrogen-bond donors (Lipinski definition) is 0. The maximum atomic E-state index is 2.93. The van der Waals surface area contributed by atoms with Crippen molar-refractivity contribution in [3.63, 3.8) is 0 Å². The Bertz CT molecular complexity index is 998. The summed E-state index contributed by atoms with van der Waals surface area (Å²) in [5.74, 6) is 0. The summed E-state index contributed by atoms with van der Waals surface area (Å²) in [6.45, 7) is 19.4. The predicted molar refractivity (Wildman–Crippen MR) is 251 cm³/mol. The molecule has 0 unspecified atom stereocenters. The van der Waals surface area contributed by atoms with Gasteiger partial charge in [-0.1, -0.05) is 0 Å². The van der Waals surface area contributed by atoms with Crippen LogP contribution in [0.5, 0.6) is 0 Å². The first-order valence-corrected chi connectivity index (χ1v) is 40.3. The third-order valence-corrected chi connectivity index (χ3v) is 51.5. The first-order valence-electron chi connectivity index (χ1n) is 23.7. The SMILES string of the molecule is CCCCCCCCc1c[c]([Sn]([CH2]CCC)([CH2]CCC)[CH2]CCC)sc1-c1s[c]([Sn]([CH2]CCC)([CH2]CCC)[CH2]CCC)cc1CCCCCCCC. The van der Waals surface area contributed by atoms with Crippen molar-refractivity contribution in [3.8, 4) is 9.75 Å². The van der Waals surface area contributed by atoms with Crippen LogP contribution < -0.4 is 5.79 Å². The zero-order valence-corrected chi connectivity index (χ0v) is 43.9. The third kappa shape index (κ3) is 16.8. The van der Waals surface area contributed by atoms with Gasteiger partial charge in [0.05, 0.1) is 0 Å². The number of unbranched alkanes of at least 4 members (excludes halogenated alkanes) is 16. The summed E-state index contributed by atoms with van der Waals surface area (Å²) >= 11 is -0.257. The van der Waals surface area contributed by atoms with E-state index in [1.54, 1.807) is 47.5 Å². The van der Waals surface area contributed by atoms with E-state index in [2.05, 4.69) is 90.2 Å². The summed E-state index contributed by atoms with van der Waals surface area (Å²) < 4.78 is 13.6. The molecule has 2 aromatic heterocycles. The molecule has 0 aliphatic rings. The fourth-order valence-corrected chi connectivity index (χ4v) is 49.9. The van der Waals surface area contributed by atoms with Gasteiger partial charge in [0.2, 0.25) is 0 Å². The Morgan fingerprint density at radius 1 is 0.327 bits per heavy atom. The zero-order valence-electron chi connectivity index (χ0n) is 36.6. The fraction of sp³-hybridized carbons (Fsp3) is 0.833. The molecule has 0 bridgehead atoms. The van der Waals surface area contributed by atoms with Gasteiger partial charge in [-0.2, -0.15) is 0 Å². The molecule has 2 aromatic rings. The molecule has 0 aliphatic heterocycles. The molecule has 4 heteroatoms. The van der Waals surface area contributed by atoms with Crippen LogP contribution in [0.25, 0.3) is 9.75 Å². The van der Waals surface area contributed by atoms with E-state index in [1.165, 1.54) is 167 Å². The maximum absolute atomic E-state index is 2.93. The van der Waals surface area contributed by atoms with E-state index < -0.39 is 36.8 Å². The van der Waals surface area contributed by atoms with Crippen molar-refractivity contribution in [2.45, 2.75) is 249 Å². The van der Waals surface area contributed by atoms with Crippen LogP contribution in [0.1, 0.15) is 221 Å². The Morgan fingerprint density at radius 2 is 0.577 bits per heavy atom. The molecule has 2 rings (SSSR count). The van der Waals surface area contributed by atoms with Gasteiger partial charge in [0.1, 0.15) is 0 Å². The van der Waals surface area contributed by atoms with Gasteiger partial charge in [-0.3, -0.25) is 0 Å². The van der Waals surface area contributed by atoms with Gasteiger partial charge in [0.25, 0.3) is 0 Å². The van der Waals surface area contributed by atoms with Crippen LogP contribution in [0.3, 0.4) is 0 Å². The predicted octanol–water partition coefficient (Wildman–Crippen LogP) is 17.4. The molecule has 0 radical (unpaired) electrons. The van der Waals surface area contributed by atoms with Crippen molar-refractivity contribution in [2.75, 3.05) is 0 Å². The van der Waals surface area contributed by atoms with Gasteiger partial charge in [0, 0.05) is 0 Å². The number of thiophene rings is 2. The average molecular weight is 969 g/mol. The van der Waals surface area contributed by atoms with Crippen LogP contribution in [0.2, 0.25) is 26.6 Å². The fourth-order valence-electron chi connectivity index (χ4n) is 8.91. The van der Waals surface area contributed by atoms with Crippen LogP contribution in [0.15, 0.2) is 12.1 Å².